The van der Waals surface area contributed by atoms with Crippen LogP contribution in [0.25, 0.3) is 0 Å². The van der Waals surface area contributed by atoms with Crippen molar-refractivity contribution in [3.05, 3.63) is 35.5 Å². The van der Waals surface area contributed by atoms with Gasteiger partial charge in [0.2, 0.25) is 0 Å². The van der Waals surface area contributed by atoms with Crippen LogP contribution in [0.2, 0.25) is 0 Å². The van der Waals surface area contributed by atoms with E-state index in [1.54, 1.807) is 0 Å². The molecule has 124 valence electrons. The van der Waals surface area contributed by atoms with Gasteiger partial charge in [0, 0.05) is 0 Å². The minimum absolute atomic E-state index is 0. The summed E-state index contributed by atoms with van der Waals surface area (Å²) >= 11 is 0. The molecule has 0 aliphatic rings. The van der Waals surface area contributed by atoms with Crippen LogP contribution < -0.4 is 15.3 Å². The predicted octanol–water partition coefficient (Wildman–Crippen LogP) is -0.484. The number of ketones is 3. The average Bonchev–Trinajstić information content (AvgIpc) is 2.10. The van der Waals surface area contributed by atoms with Gasteiger partial charge in [0.15, 0.2) is 17.3 Å². The molecular formula is C15H21MnO6. The molecule has 0 N–H and O–H groups in total. The van der Waals surface area contributed by atoms with E-state index in [1.807, 2.05) is 0 Å². The molecule has 0 saturated carbocycles. The van der Waals surface area contributed by atoms with E-state index in [0.717, 1.165) is 18.2 Å². The molecule has 0 aromatic rings. The number of carbonyl (C=O) groups is 3. The van der Waals surface area contributed by atoms with Crippen molar-refractivity contribution in [2.45, 2.75) is 41.5 Å². The molecule has 22 heavy (non-hydrogen) atoms. The first kappa shape index (κ1) is 28.3. The third-order valence-electron chi connectivity index (χ3n) is 1.22. The maximum atomic E-state index is 9.98. The Hall–Kier alpha value is -1.85. The van der Waals surface area contributed by atoms with Crippen LogP contribution in [-0.2, 0) is 31.5 Å². The van der Waals surface area contributed by atoms with Crippen LogP contribution in [0.15, 0.2) is 35.5 Å². The molecule has 0 aromatic carbocycles. The van der Waals surface area contributed by atoms with Gasteiger partial charge >= 0.3 is 17.1 Å². The van der Waals surface area contributed by atoms with Gasteiger partial charge in [-0.3, -0.25) is 14.4 Å². The van der Waals surface area contributed by atoms with Gasteiger partial charge in [-0.2, -0.15) is 0 Å². The van der Waals surface area contributed by atoms with Crippen LogP contribution in [0, 0.1) is 0 Å². The maximum absolute atomic E-state index is 9.98. The smallest absolute Gasteiger partial charge is 0.876 e. The molecule has 0 aromatic heterocycles. The molecule has 7 heteroatoms. The number of carbonyl (C=O) groups excluding carboxylic acids is 3. The Kier molecular flexibility index (Phi) is 22.2. The Bertz CT molecular complexity index is 368. The molecule has 0 aliphatic heterocycles. The fraction of sp³-hybridized carbons (Fsp3) is 0.400. The minimum atomic E-state index is -0.187. The molecule has 0 rings (SSSR count). The molecular weight excluding hydrogens is 331 g/mol. The molecule has 0 amide bonds. The zero-order valence-corrected chi connectivity index (χ0v) is 14.7. The Morgan fingerprint density at radius 1 is 0.545 bits per heavy atom. The Balaban J connectivity index is -0.000000108. The molecule has 0 fully saturated rings. The normalized spacial score (nSPS) is 10.9. The molecule has 0 atom stereocenters. The van der Waals surface area contributed by atoms with E-state index in [9.17, 15) is 29.7 Å². The summed E-state index contributed by atoms with van der Waals surface area (Å²) in [6.45, 7) is 8.09. The number of hydrogen-bond donors (Lipinski definition) is 0. The van der Waals surface area contributed by atoms with Crippen molar-refractivity contribution in [3.63, 3.8) is 0 Å². The molecule has 0 radical (unpaired) electrons. The third kappa shape index (κ3) is 51.8. The van der Waals surface area contributed by atoms with Gasteiger partial charge in [-0.1, -0.05) is 20.8 Å². The summed E-state index contributed by atoms with van der Waals surface area (Å²) in [5.41, 5.74) is 0. The molecule has 0 aliphatic carbocycles. The van der Waals surface area contributed by atoms with Crippen molar-refractivity contribution in [2.24, 2.45) is 0 Å². The standard InChI is InChI=1S/3C5H8O2.Mn/c3*1-4(6)3-5(2)7;/h3*3,6H,1-2H3;/q;;;+3/p-3/b2*4-3+;4-3-;. The van der Waals surface area contributed by atoms with Gasteiger partial charge in [-0.05, 0) is 39.0 Å². The fourth-order valence-electron chi connectivity index (χ4n) is 0.859. The Morgan fingerprint density at radius 3 is 0.682 bits per heavy atom. The van der Waals surface area contributed by atoms with Crippen molar-refractivity contribution in [3.8, 4) is 0 Å². The maximum Gasteiger partial charge on any atom is 3.00 e. The number of rotatable bonds is 3. The van der Waals surface area contributed by atoms with Crippen molar-refractivity contribution >= 4 is 17.3 Å². The minimum Gasteiger partial charge on any atom is -0.876 e. The van der Waals surface area contributed by atoms with E-state index in [4.69, 9.17) is 0 Å². The summed E-state index contributed by atoms with van der Waals surface area (Å²) in [5.74, 6) is -1.12. The molecule has 0 heterocycles. The van der Waals surface area contributed by atoms with Gasteiger partial charge in [-0.25, -0.2) is 0 Å². The largest absolute Gasteiger partial charge is 3.00 e. The first-order chi connectivity index (χ1) is 9.38. The first-order valence-electron chi connectivity index (χ1n) is 5.96. The molecule has 0 bridgehead atoms. The fourth-order valence-corrected chi connectivity index (χ4v) is 0.859. The number of allylic oxidation sites excluding steroid dienone is 6. The van der Waals surface area contributed by atoms with Crippen LogP contribution in [0.1, 0.15) is 41.5 Å². The zero-order valence-electron chi connectivity index (χ0n) is 13.6. The second-order valence-electron chi connectivity index (χ2n) is 4.10. The SMILES string of the molecule is CC(=O)/C=C(/C)[O-].CC(=O)/C=C(\C)[O-].CC(=O)/C=C(\C)[O-].[Mn+3]. The summed E-state index contributed by atoms with van der Waals surface area (Å²) in [4.78, 5) is 29.9. The van der Waals surface area contributed by atoms with Crippen molar-refractivity contribution in [1.29, 1.82) is 0 Å². The molecule has 0 spiro atoms. The molecule has 6 nitrogen and oxygen atoms in total. The summed E-state index contributed by atoms with van der Waals surface area (Å²) in [6.07, 6.45) is 3.17. The van der Waals surface area contributed by atoms with Crippen LogP contribution in [-0.4, -0.2) is 17.3 Å². The van der Waals surface area contributed by atoms with E-state index < -0.39 is 0 Å². The zero-order chi connectivity index (χ0) is 17.6. The van der Waals surface area contributed by atoms with Gasteiger partial charge < -0.3 is 15.3 Å². The first-order valence-corrected chi connectivity index (χ1v) is 5.96. The molecule has 0 unspecified atom stereocenters. The predicted molar refractivity (Wildman–Crippen MR) is 73.3 cm³/mol. The summed E-state index contributed by atoms with van der Waals surface area (Å²) < 4.78 is 0. The summed E-state index contributed by atoms with van der Waals surface area (Å²) in [7, 11) is 0. The third-order valence-corrected chi connectivity index (χ3v) is 1.22. The van der Waals surface area contributed by atoms with Gasteiger partial charge in [0.1, 0.15) is 0 Å². The quantitative estimate of drug-likeness (QED) is 0.384. The Labute approximate surface area is 141 Å². The van der Waals surface area contributed by atoms with Crippen molar-refractivity contribution < 1.29 is 46.8 Å². The topological polar surface area (TPSA) is 120 Å². The number of hydrogen-bond acceptors (Lipinski definition) is 6. The van der Waals surface area contributed by atoms with Crippen LogP contribution in [0.4, 0.5) is 0 Å². The van der Waals surface area contributed by atoms with Crippen LogP contribution in [0.5, 0.6) is 0 Å². The second kappa shape index (κ2) is 17.2. The van der Waals surface area contributed by atoms with E-state index in [2.05, 4.69) is 0 Å². The van der Waals surface area contributed by atoms with E-state index >= 15 is 0 Å². The van der Waals surface area contributed by atoms with Crippen molar-refractivity contribution in [2.75, 3.05) is 0 Å². The Morgan fingerprint density at radius 2 is 0.682 bits per heavy atom. The second-order valence-corrected chi connectivity index (χ2v) is 4.10. The van der Waals surface area contributed by atoms with Gasteiger partial charge in [0.25, 0.3) is 0 Å². The van der Waals surface area contributed by atoms with E-state index in [-0.39, 0.29) is 51.7 Å². The summed E-state index contributed by atoms with van der Waals surface area (Å²) in [6, 6.07) is 0. The average molecular weight is 352 g/mol. The monoisotopic (exact) mass is 352 g/mol. The van der Waals surface area contributed by atoms with Crippen LogP contribution >= 0.6 is 0 Å². The summed E-state index contributed by atoms with van der Waals surface area (Å²) in [5, 5.41) is 29.9. The molecule has 0 saturated heterocycles. The van der Waals surface area contributed by atoms with Crippen molar-refractivity contribution in [1.82, 2.24) is 0 Å². The van der Waals surface area contributed by atoms with Gasteiger partial charge in [0.05, 0.1) is 0 Å². The van der Waals surface area contributed by atoms with E-state index in [1.165, 1.54) is 41.5 Å². The van der Waals surface area contributed by atoms with Crippen LogP contribution in [0.3, 0.4) is 0 Å². The van der Waals surface area contributed by atoms with Gasteiger partial charge in [-0.15, -0.1) is 17.3 Å². The van der Waals surface area contributed by atoms with E-state index in [0.29, 0.717) is 0 Å².